The minimum atomic E-state index is 0. The first kappa shape index (κ1) is 19.5. The molecule has 1 nitrogen and oxygen atoms in total. The Labute approximate surface area is 156 Å². The van der Waals surface area contributed by atoms with Gasteiger partial charge in [-0.2, -0.15) is 0 Å². The van der Waals surface area contributed by atoms with Crippen LogP contribution in [0.5, 0.6) is 0 Å². The molecule has 1 aliphatic carbocycles. The zero-order valence-electron chi connectivity index (χ0n) is 12.6. The molecule has 0 aromatic heterocycles. The van der Waals surface area contributed by atoms with Crippen molar-refractivity contribution in [1.82, 2.24) is 0 Å². The Morgan fingerprint density at radius 3 is 2.45 bits per heavy atom. The number of fused-ring (bicyclic) bond motifs is 1. The van der Waals surface area contributed by atoms with Gasteiger partial charge < -0.3 is 0 Å². The maximum Gasteiger partial charge on any atom is -0.147 e. The average Bonchev–Trinajstić information content (AvgIpc) is 2.91. The third-order valence-corrected chi connectivity index (χ3v) is 4.60. The van der Waals surface area contributed by atoms with Gasteiger partial charge in [-0.05, 0) is 0 Å². The number of hydrogen-bond acceptors (Lipinski definition) is 1. The van der Waals surface area contributed by atoms with Crippen molar-refractivity contribution < 1.29 is 24.1 Å². The van der Waals surface area contributed by atoms with Crippen LogP contribution in [0.1, 0.15) is 37.5 Å². The number of allylic oxidation sites excluding steroid dienone is 4. The average molecular weight is 370 g/mol. The number of rotatable bonds is 3. The monoisotopic (exact) mass is 369 g/mol. The second-order valence-electron chi connectivity index (χ2n) is 5.28. The van der Waals surface area contributed by atoms with Gasteiger partial charge in [-0.3, -0.25) is 0 Å². The minimum Gasteiger partial charge on any atom is -0.147 e. The number of halogens is 2. The van der Waals surface area contributed by atoms with Crippen molar-refractivity contribution in [1.29, 1.82) is 0 Å². The minimum absolute atomic E-state index is 0. The van der Waals surface area contributed by atoms with Gasteiger partial charge in [-0.1, -0.05) is 0 Å². The predicted molar refractivity (Wildman–Crippen MR) is 94.3 cm³/mol. The van der Waals surface area contributed by atoms with Crippen LogP contribution in [0.15, 0.2) is 54.1 Å². The van der Waals surface area contributed by atoms with E-state index in [1.165, 1.54) is 33.0 Å². The second kappa shape index (κ2) is 8.33. The Balaban J connectivity index is 0.00000121. The van der Waals surface area contributed by atoms with E-state index in [0.29, 0.717) is 0 Å². The van der Waals surface area contributed by atoms with Crippen LogP contribution < -0.4 is 0 Å². The molecule has 3 rings (SSSR count). The Morgan fingerprint density at radius 1 is 1.09 bits per heavy atom. The molecule has 1 unspecified atom stereocenters. The van der Waals surface area contributed by atoms with Gasteiger partial charge in [0.2, 0.25) is 0 Å². The summed E-state index contributed by atoms with van der Waals surface area (Å²) >= 11 is 1.78. The standard InChI is InChI=1S/C18H17O.2ClH.Ti/c1-12-6-5-9-15(12)17-11-10-14-7-3-4-8-16(14)18(17)13(2)19;;;/h3-8,10-11,13H,9H2,1-2H3;2*1H;/q-1;;;+1. The molecule has 0 heterocycles. The van der Waals surface area contributed by atoms with Crippen LogP contribution in [0, 0.1) is 0 Å². The molecule has 1 aliphatic rings. The van der Waals surface area contributed by atoms with E-state index < -0.39 is 0 Å². The van der Waals surface area contributed by atoms with E-state index in [-0.39, 0.29) is 30.9 Å². The van der Waals surface area contributed by atoms with Gasteiger partial charge in [0.15, 0.2) is 0 Å². The van der Waals surface area contributed by atoms with Gasteiger partial charge >= 0.3 is 132 Å². The second-order valence-corrected chi connectivity index (χ2v) is 5.64. The van der Waals surface area contributed by atoms with E-state index in [4.69, 9.17) is 3.32 Å². The van der Waals surface area contributed by atoms with E-state index in [9.17, 15) is 0 Å². The summed E-state index contributed by atoms with van der Waals surface area (Å²) in [4.78, 5) is 0. The third-order valence-electron chi connectivity index (χ3n) is 4.04. The van der Waals surface area contributed by atoms with E-state index in [0.717, 1.165) is 6.42 Å². The first-order valence-electron chi connectivity index (χ1n) is 6.93. The quantitative estimate of drug-likeness (QED) is 0.606. The summed E-state index contributed by atoms with van der Waals surface area (Å²) in [5.74, 6) is 0. The molecule has 2 aromatic rings. The van der Waals surface area contributed by atoms with E-state index >= 15 is 0 Å². The molecule has 4 heteroatoms. The summed E-state index contributed by atoms with van der Waals surface area (Å²) in [6, 6.07) is 13.0. The van der Waals surface area contributed by atoms with Gasteiger partial charge in [-0.15, -0.1) is 24.8 Å². The Morgan fingerprint density at radius 2 is 1.82 bits per heavy atom. The molecular formula is C18H19Cl2OTi. The molecule has 0 aliphatic heterocycles. The van der Waals surface area contributed by atoms with Crippen molar-refractivity contribution in [2.45, 2.75) is 26.4 Å². The Hall–Kier alpha value is -0.566. The largest absolute Gasteiger partial charge is 0.147 e. The zero-order valence-corrected chi connectivity index (χ0v) is 15.8. The van der Waals surface area contributed by atoms with E-state index in [1.54, 1.807) is 20.8 Å². The molecule has 2 aromatic carbocycles. The summed E-state index contributed by atoms with van der Waals surface area (Å²) in [5, 5.41) is 2.57. The molecule has 0 bridgehead atoms. The summed E-state index contributed by atoms with van der Waals surface area (Å²) < 4.78 is 5.64. The van der Waals surface area contributed by atoms with E-state index in [1.807, 2.05) is 0 Å². The molecule has 115 valence electrons. The van der Waals surface area contributed by atoms with Crippen LogP contribution >= 0.6 is 24.8 Å². The molecular weight excluding hydrogens is 351 g/mol. The molecule has 0 amide bonds. The van der Waals surface area contributed by atoms with Gasteiger partial charge in [0.1, 0.15) is 0 Å². The first-order chi connectivity index (χ1) is 9.72. The molecule has 0 fully saturated rings. The SMILES string of the molecule is CC1=C(c2ccc3ccccc3c2C(C)[O][Ti])CC=C1.Cl.Cl. The maximum absolute atomic E-state index is 5.64. The van der Waals surface area contributed by atoms with Crippen LogP contribution in [0.25, 0.3) is 16.3 Å². The Kier molecular flexibility index (Phi) is 7.38. The zero-order chi connectivity index (χ0) is 14.1. The summed E-state index contributed by atoms with van der Waals surface area (Å²) in [5.41, 5.74) is 5.43. The summed E-state index contributed by atoms with van der Waals surface area (Å²) in [6.45, 7) is 4.32. The molecule has 0 saturated heterocycles. The van der Waals surface area contributed by atoms with Gasteiger partial charge in [0.25, 0.3) is 0 Å². The van der Waals surface area contributed by atoms with Crippen LogP contribution in [-0.2, 0) is 24.1 Å². The molecule has 0 N–H and O–H groups in total. The van der Waals surface area contributed by atoms with Crippen LogP contribution in [-0.4, -0.2) is 0 Å². The van der Waals surface area contributed by atoms with Crippen molar-refractivity contribution in [2.75, 3.05) is 0 Å². The smallest absolute Gasteiger partial charge is 0.147 e. The summed E-state index contributed by atoms with van der Waals surface area (Å²) in [6.07, 6.45) is 5.57. The normalized spacial score (nSPS) is 14.6. The van der Waals surface area contributed by atoms with Crippen molar-refractivity contribution in [3.8, 4) is 0 Å². The topological polar surface area (TPSA) is 9.23 Å². The van der Waals surface area contributed by atoms with Gasteiger partial charge in [-0.25, -0.2) is 0 Å². The van der Waals surface area contributed by atoms with Crippen molar-refractivity contribution in [2.24, 2.45) is 0 Å². The molecule has 22 heavy (non-hydrogen) atoms. The summed E-state index contributed by atoms with van der Waals surface area (Å²) in [7, 11) is 0. The predicted octanol–water partition coefficient (Wildman–Crippen LogP) is 5.96. The number of hydrogen-bond donors (Lipinski definition) is 0. The number of benzene rings is 2. The van der Waals surface area contributed by atoms with Crippen LogP contribution in [0.3, 0.4) is 0 Å². The fourth-order valence-electron chi connectivity index (χ4n) is 2.99. The van der Waals surface area contributed by atoms with E-state index in [2.05, 4.69) is 62.4 Å². The third kappa shape index (κ3) is 3.50. The molecule has 0 radical (unpaired) electrons. The van der Waals surface area contributed by atoms with Gasteiger partial charge in [0.05, 0.1) is 0 Å². The molecule has 1 atom stereocenters. The van der Waals surface area contributed by atoms with Crippen molar-refractivity contribution >= 4 is 41.2 Å². The van der Waals surface area contributed by atoms with Crippen molar-refractivity contribution in [3.63, 3.8) is 0 Å². The molecule has 0 spiro atoms. The Bertz CT molecular complexity index is 722. The van der Waals surface area contributed by atoms with Crippen molar-refractivity contribution in [3.05, 3.63) is 65.3 Å². The maximum atomic E-state index is 5.64. The molecule has 0 saturated carbocycles. The fraction of sp³-hybridized carbons (Fsp3) is 0.222. The fourth-order valence-corrected chi connectivity index (χ4v) is 3.18. The van der Waals surface area contributed by atoms with Crippen LogP contribution in [0.4, 0.5) is 0 Å². The first-order valence-corrected chi connectivity index (χ1v) is 7.57. The van der Waals surface area contributed by atoms with Gasteiger partial charge in [0, 0.05) is 0 Å². The van der Waals surface area contributed by atoms with Crippen LogP contribution in [0.2, 0.25) is 0 Å².